The summed E-state index contributed by atoms with van der Waals surface area (Å²) in [7, 11) is 0. The summed E-state index contributed by atoms with van der Waals surface area (Å²) in [6, 6.07) is 5.13. The molecule has 0 bridgehead atoms. The van der Waals surface area contributed by atoms with Crippen LogP contribution in [0.3, 0.4) is 0 Å². The van der Waals surface area contributed by atoms with E-state index in [1.807, 2.05) is 13.8 Å². The number of hydrogen-bond acceptors (Lipinski definition) is 2. The van der Waals surface area contributed by atoms with Gasteiger partial charge in [0.1, 0.15) is 0 Å². The molecule has 4 atom stereocenters. The van der Waals surface area contributed by atoms with Crippen LogP contribution in [0.5, 0.6) is 0 Å². The van der Waals surface area contributed by atoms with Crippen LogP contribution in [0, 0.1) is 56.2 Å². The van der Waals surface area contributed by atoms with E-state index in [1.165, 1.54) is 19.3 Å². The van der Waals surface area contributed by atoms with Crippen LogP contribution in [0.15, 0.2) is 0 Å². The minimum absolute atomic E-state index is 0.193. The van der Waals surface area contributed by atoms with Crippen molar-refractivity contribution in [1.29, 1.82) is 10.5 Å². The molecule has 0 aromatic rings. The average molecular weight is 300 g/mol. The maximum Gasteiger partial charge on any atom is 0.0689 e. The van der Waals surface area contributed by atoms with Crippen molar-refractivity contribution in [1.82, 2.24) is 0 Å². The summed E-state index contributed by atoms with van der Waals surface area (Å²) in [5.74, 6) is 0.993. The predicted molar refractivity (Wildman–Crippen MR) is 89.7 cm³/mol. The van der Waals surface area contributed by atoms with E-state index in [2.05, 4.69) is 39.8 Å². The van der Waals surface area contributed by atoms with Crippen molar-refractivity contribution in [3.63, 3.8) is 0 Å². The van der Waals surface area contributed by atoms with Crippen molar-refractivity contribution in [2.75, 3.05) is 0 Å². The van der Waals surface area contributed by atoms with Gasteiger partial charge in [-0.1, -0.05) is 27.2 Å². The van der Waals surface area contributed by atoms with Crippen LogP contribution in [0.1, 0.15) is 80.1 Å². The van der Waals surface area contributed by atoms with Crippen LogP contribution < -0.4 is 0 Å². The highest BCUT2D eigenvalue weighted by molar-refractivity contribution is 5.14. The molecular formula is C20H32N2. The Hall–Kier alpha value is -1.02. The molecule has 0 aromatic carbocycles. The molecule has 122 valence electrons. The van der Waals surface area contributed by atoms with E-state index in [9.17, 15) is 10.5 Å². The first-order chi connectivity index (χ1) is 10.0. The third kappa shape index (κ3) is 2.67. The number of nitrogens with zero attached hydrogens (tertiary/aromatic N) is 2. The maximum atomic E-state index is 9.89. The fourth-order valence-corrected chi connectivity index (χ4v) is 5.80. The molecule has 0 spiro atoms. The summed E-state index contributed by atoms with van der Waals surface area (Å²) in [5.41, 5.74) is -0.0839. The molecule has 2 aliphatic carbocycles. The summed E-state index contributed by atoms with van der Waals surface area (Å²) in [6.07, 6.45) is 6.76. The molecule has 0 radical (unpaired) electrons. The van der Waals surface area contributed by atoms with E-state index >= 15 is 0 Å². The molecule has 2 nitrogen and oxygen atoms in total. The third-order valence-corrected chi connectivity index (χ3v) is 7.07. The second-order valence-electron chi connectivity index (χ2n) is 9.72. The summed E-state index contributed by atoms with van der Waals surface area (Å²) in [6.45, 7) is 13.5. The second kappa shape index (κ2) is 5.26. The van der Waals surface area contributed by atoms with E-state index in [1.54, 1.807) is 0 Å². The Bertz CT molecular complexity index is 519. The summed E-state index contributed by atoms with van der Waals surface area (Å²) < 4.78 is 0. The number of fused-ring (bicyclic) bond motifs is 1. The zero-order valence-corrected chi connectivity index (χ0v) is 15.3. The molecule has 22 heavy (non-hydrogen) atoms. The van der Waals surface area contributed by atoms with Gasteiger partial charge in [0.25, 0.3) is 0 Å². The molecule has 2 aliphatic rings. The van der Waals surface area contributed by atoms with Gasteiger partial charge in [0.05, 0.1) is 23.0 Å². The Kier molecular flexibility index (Phi) is 4.15. The molecule has 0 aliphatic heterocycles. The van der Waals surface area contributed by atoms with Crippen molar-refractivity contribution in [2.45, 2.75) is 80.1 Å². The van der Waals surface area contributed by atoms with Crippen molar-refractivity contribution in [2.24, 2.45) is 33.5 Å². The maximum absolute atomic E-state index is 9.89. The van der Waals surface area contributed by atoms with Crippen molar-refractivity contribution < 1.29 is 0 Å². The Morgan fingerprint density at radius 3 is 2.23 bits per heavy atom. The Balaban J connectivity index is 2.47. The Morgan fingerprint density at radius 2 is 1.68 bits per heavy atom. The molecule has 2 fully saturated rings. The first-order valence-corrected chi connectivity index (χ1v) is 8.83. The van der Waals surface area contributed by atoms with E-state index in [-0.39, 0.29) is 16.2 Å². The van der Waals surface area contributed by atoms with Crippen LogP contribution >= 0.6 is 0 Å². The molecule has 0 unspecified atom stereocenters. The minimum Gasteiger partial charge on any atom is -0.198 e. The van der Waals surface area contributed by atoms with Gasteiger partial charge >= 0.3 is 0 Å². The highest BCUT2D eigenvalue weighted by Gasteiger charge is 2.59. The molecule has 0 N–H and O–H groups in total. The van der Waals surface area contributed by atoms with Gasteiger partial charge < -0.3 is 0 Å². The monoisotopic (exact) mass is 300 g/mol. The largest absolute Gasteiger partial charge is 0.198 e. The lowest BCUT2D eigenvalue weighted by Gasteiger charge is -2.61. The minimum atomic E-state index is -0.352. The molecule has 2 rings (SSSR count). The zero-order chi connectivity index (χ0) is 16.8. The quantitative estimate of drug-likeness (QED) is 0.656. The van der Waals surface area contributed by atoms with Gasteiger partial charge in [0.2, 0.25) is 0 Å². The Labute approximate surface area is 136 Å². The van der Waals surface area contributed by atoms with E-state index in [0.717, 1.165) is 19.3 Å². The van der Waals surface area contributed by atoms with Gasteiger partial charge in [-0.15, -0.1) is 0 Å². The van der Waals surface area contributed by atoms with Gasteiger partial charge in [-0.05, 0) is 75.5 Å². The van der Waals surface area contributed by atoms with Crippen LogP contribution in [0.25, 0.3) is 0 Å². The van der Waals surface area contributed by atoms with Crippen LogP contribution in [0.2, 0.25) is 0 Å². The fourth-order valence-electron chi connectivity index (χ4n) is 5.80. The molecule has 2 heteroatoms. The molecule has 0 aromatic heterocycles. The molecule has 0 saturated heterocycles. The SMILES string of the molecule is CC(C)(C#N)C[C@@H]1[C@@]2(C)CCCC(C)(C)[C@@H]2CC[C@]1(C)C#N. The van der Waals surface area contributed by atoms with Crippen LogP contribution in [-0.4, -0.2) is 0 Å². The zero-order valence-electron chi connectivity index (χ0n) is 15.3. The van der Waals surface area contributed by atoms with Crippen LogP contribution in [-0.2, 0) is 0 Å². The first kappa shape index (κ1) is 17.3. The highest BCUT2D eigenvalue weighted by atomic mass is 14.6. The molecule has 0 heterocycles. The lowest BCUT2D eigenvalue weighted by molar-refractivity contribution is -0.121. The van der Waals surface area contributed by atoms with Gasteiger partial charge in [-0.2, -0.15) is 10.5 Å². The Morgan fingerprint density at radius 1 is 1.05 bits per heavy atom. The lowest BCUT2D eigenvalue weighted by Crippen LogP contribution is -2.55. The van der Waals surface area contributed by atoms with Gasteiger partial charge in [-0.25, -0.2) is 0 Å². The van der Waals surface area contributed by atoms with Gasteiger partial charge in [0, 0.05) is 0 Å². The van der Waals surface area contributed by atoms with E-state index in [0.29, 0.717) is 17.3 Å². The summed E-state index contributed by atoms with van der Waals surface area (Å²) >= 11 is 0. The smallest absolute Gasteiger partial charge is 0.0689 e. The fraction of sp³-hybridized carbons (Fsp3) is 0.900. The standard InChI is InChI=1S/C20H32N2/c1-17(2,13-21)12-16-19(5,14-22)11-8-15-18(3,4)9-7-10-20(15,16)6/h15-16H,7-12H2,1-6H3/t15-,16-,19+,20-/m0/s1. The van der Waals surface area contributed by atoms with Crippen molar-refractivity contribution in [3.05, 3.63) is 0 Å². The number of rotatable bonds is 2. The highest BCUT2D eigenvalue weighted by Crippen LogP contribution is 2.65. The van der Waals surface area contributed by atoms with E-state index < -0.39 is 0 Å². The van der Waals surface area contributed by atoms with Gasteiger partial charge in [0.15, 0.2) is 0 Å². The normalized spacial score (nSPS) is 41.1. The molecule has 2 saturated carbocycles. The summed E-state index contributed by atoms with van der Waals surface area (Å²) in [5, 5.41) is 19.4. The molecular weight excluding hydrogens is 268 g/mol. The van der Waals surface area contributed by atoms with Crippen LogP contribution in [0.4, 0.5) is 0 Å². The van der Waals surface area contributed by atoms with Crippen molar-refractivity contribution >= 4 is 0 Å². The topological polar surface area (TPSA) is 47.6 Å². The predicted octanol–water partition coefficient (Wildman–Crippen LogP) is 5.70. The average Bonchev–Trinajstić information content (AvgIpc) is 2.42. The third-order valence-electron chi connectivity index (χ3n) is 7.07. The first-order valence-electron chi connectivity index (χ1n) is 8.83. The number of nitriles is 2. The second-order valence-corrected chi connectivity index (χ2v) is 9.72. The molecule has 0 amide bonds. The number of hydrogen-bond donors (Lipinski definition) is 0. The van der Waals surface area contributed by atoms with Gasteiger partial charge in [-0.3, -0.25) is 0 Å². The van der Waals surface area contributed by atoms with Crippen molar-refractivity contribution in [3.8, 4) is 12.1 Å². The summed E-state index contributed by atoms with van der Waals surface area (Å²) in [4.78, 5) is 0. The lowest BCUT2D eigenvalue weighted by atomic mass is 9.42. The van der Waals surface area contributed by atoms with E-state index in [4.69, 9.17) is 0 Å².